The minimum absolute atomic E-state index is 0.00109. The molecule has 0 aliphatic carbocycles. The van der Waals surface area contributed by atoms with Crippen LogP contribution in [0.15, 0.2) is 66.1 Å². The molecule has 0 fully saturated rings. The first-order chi connectivity index (χ1) is 13.9. The van der Waals surface area contributed by atoms with E-state index in [1.54, 1.807) is 24.3 Å². The SMILES string of the molecule is C=CCNS(=O)(=O)c1ccc(C(=O)OCC(=O)Nc2ccccc2OCC)cc1. The Labute approximate surface area is 169 Å². The van der Waals surface area contributed by atoms with Crippen molar-refractivity contribution in [3.05, 3.63) is 66.7 Å². The molecule has 0 atom stereocenters. The van der Waals surface area contributed by atoms with Crippen molar-refractivity contribution >= 4 is 27.6 Å². The molecule has 2 rings (SSSR count). The van der Waals surface area contributed by atoms with Crippen molar-refractivity contribution in [2.45, 2.75) is 11.8 Å². The van der Waals surface area contributed by atoms with Gasteiger partial charge in [0.2, 0.25) is 10.0 Å². The maximum atomic E-state index is 12.1. The first-order valence-corrected chi connectivity index (χ1v) is 10.2. The molecule has 8 nitrogen and oxygen atoms in total. The Morgan fingerprint density at radius 1 is 1.10 bits per heavy atom. The van der Waals surface area contributed by atoms with Gasteiger partial charge in [0.1, 0.15) is 5.75 Å². The van der Waals surface area contributed by atoms with Gasteiger partial charge in [-0.3, -0.25) is 4.79 Å². The summed E-state index contributed by atoms with van der Waals surface area (Å²) in [7, 11) is -3.68. The van der Waals surface area contributed by atoms with Crippen LogP contribution in [0.2, 0.25) is 0 Å². The van der Waals surface area contributed by atoms with Crippen LogP contribution in [0, 0.1) is 0 Å². The van der Waals surface area contributed by atoms with E-state index in [4.69, 9.17) is 9.47 Å². The van der Waals surface area contributed by atoms with Crippen LogP contribution in [0.3, 0.4) is 0 Å². The zero-order valence-corrected chi connectivity index (χ0v) is 16.7. The highest BCUT2D eigenvalue weighted by Gasteiger charge is 2.16. The average molecular weight is 418 g/mol. The molecule has 0 unspecified atom stereocenters. The Morgan fingerprint density at radius 3 is 2.45 bits per heavy atom. The van der Waals surface area contributed by atoms with Gasteiger partial charge in [0.05, 0.1) is 22.8 Å². The molecular formula is C20H22N2O6S. The van der Waals surface area contributed by atoms with Gasteiger partial charge in [-0.15, -0.1) is 6.58 Å². The molecule has 0 bridgehead atoms. The molecule has 0 aliphatic heterocycles. The summed E-state index contributed by atoms with van der Waals surface area (Å²) in [6, 6.07) is 12.1. The summed E-state index contributed by atoms with van der Waals surface area (Å²) in [5, 5.41) is 2.61. The molecule has 0 radical (unpaired) electrons. The van der Waals surface area contributed by atoms with Gasteiger partial charge in [-0.2, -0.15) is 0 Å². The van der Waals surface area contributed by atoms with Crippen LogP contribution in [-0.4, -0.2) is 40.1 Å². The van der Waals surface area contributed by atoms with Crippen LogP contribution in [-0.2, 0) is 19.6 Å². The summed E-state index contributed by atoms with van der Waals surface area (Å²) in [4.78, 5) is 24.2. The number of ether oxygens (including phenoxy) is 2. The predicted molar refractivity (Wildman–Crippen MR) is 108 cm³/mol. The maximum Gasteiger partial charge on any atom is 0.338 e. The molecule has 0 saturated carbocycles. The van der Waals surface area contributed by atoms with Crippen molar-refractivity contribution in [2.75, 3.05) is 25.1 Å². The van der Waals surface area contributed by atoms with Crippen molar-refractivity contribution in [1.82, 2.24) is 4.72 Å². The fraction of sp³-hybridized carbons (Fsp3) is 0.200. The third-order valence-corrected chi connectivity index (χ3v) is 5.05. The Morgan fingerprint density at radius 2 is 1.79 bits per heavy atom. The third kappa shape index (κ3) is 6.44. The summed E-state index contributed by atoms with van der Waals surface area (Å²) in [6.07, 6.45) is 1.42. The van der Waals surface area contributed by atoms with Crippen LogP contribution >= 0.6 is 0 Å². The fourth-order valence-corrected chi connectivity index (χ4v) is 3.27. The number of rotatable bonds is 10. The lowest BCUT2D eigenvalue weighted by atomic mass is 10.2. The van der Waals surface area contributed by atoms with Gasteiger partial charge in [0.15, 0.2) is 6.61 Å². The van der Waals surface area contributed by atoms with Gasteiger partial charge in [0, 0.05) is 6.54 Å². The Balaban J connectivity index is 1.94. The van der Waals surface area contributed by atoms with Gasteiger partial charge in [-0.1, -0.05) is 18.2 Å². The summed E-state index contributed by atoms with van der Waals surface area (Å²) < 4.78 is 36.7. The highest BCUT2D eigenvalue weighted by molar-refractivity contribution is 7.89. The van der Waals surface area contributed by atoms with Crippen molar-refractivity contribution in [3.63, 3.8) is 0 Å². The van der Waals surface area contributed by atoms with E-state index in [0.29, 0.717) is 18.0 Å². The number of para-hydroxylation sites is 2. The van der Waals surface area contributed by atoms with Gasteiger partial charge in [-0.25, -0.2) is 17.9 Å². The molecule has 154 valence electrons. The largest absolute Gasteiger partial charge is 0.492 e. The lowest BCUT2D eigenvalue weighted by Crippen LogP contribution is -2.24. The third-order valence-electron chi connectivity index (χ3n) is 3.61. The molecule has 29 heavy (non-hydrogen) atoms. The quantitative estimate of drug-likeness (QED) is 0.453. The van der Waals surface area contributed by atoms with E-state index in [1.165, 1.54) is 30.3 Å². The van der Waals surface area contributed by atoms with Crippen LogP contribution in [0.4, 0.5) is 5.69 Å². The molecule has 2 aromatic carbocycles. The Hall–Kier alpha value is -3.17. The summed E-state index contributed by atoms with van der Waals surface area (Å²) in [5.41, 5.74) is 0.590. The molecule has 2 N–H and O–H groups in total. The molecule has 0 aromatic heterocycles. The van der Waals surface area contributed by atoms with Crippen LogP contribution in [0.5, 0.6) is 5.75 Å². The molecule has 0 saturated heterocycles. The van der Waals surface area contributed by atoms with E-state index in [0.717, 1.165) is 0 Å². The highest BCUT2D eigenvalue weighted by atomic mass is 32.2. The number of sulfonamides is 1. The fourth-order valence-electron chi connectivity index (χ4n) is 2.27. The highest BCUT2D eigenvalue weighted by Crippen LogP contribution is 2.23. The van der Waals surface area contributed by atoms with Crippen molar-refractivity contribution < 1.29 is 27.5 Å². The van der Waals surface area contributed by atoms with Crippen LogP contribution in [0.1, 0.15) is 17.3 Å². The number of esters is 1. The summed E-state index contributed by atoms with van der Waals surface area (Å²) in [5.74, 6) is -0.767. The molecule has 0 aliphatic rings. The lowest BCUT2D eigenvalue weighted by molar-refractivity contribution is -0.119. The van der Waals surface area contributed by atoms with Crippen molar-refractivity contribution in [2.24, 2.45) is 0 Å². The monoisotopic (exact) mass is 418 g/mol. The molecular weight excluding hydrogens is 396 g/mol. The standard InChI is InChI=1S/C20H22N2O6S/c1-3-13-21-29(25,26)16-11-9-15(10-12-16)20(24)28-14-19(23)22-17-7-5-6-8-18(17)27-4-2/h3,5-12,21H,1,4,13-14H2,2H3,(H,22,23). The zero-order chi connectivity index (χ0) is 21.3. The first kappa shape index (κ1) is 22.1. The Bertz CT molecular complexity index is 971. The number of anilines is 1. The number of hydrogen-bond donors (Lipinski definition) is 2. The molecule has 1 amide bonds. The molecule has 2 aromatic rings. The van der Waals surface area contributed by atoms with E-state index >= 15 is 0 Å². The second kappa shape index (κ2) is 10.4. The van der Waals surface area contributed by atoms with Gasteiger partial charge < -0.3 is 14.8 Å². The van der Waals surface area contributed by atoms with E-state index in [9.17, 15) is 18.0 Å². The first-order valence-electron chi connectivity index (χ1n) is 8.76. The minimum atomic E-state index is -3.68. The summed E-state index contributed by atoms with van der Waals surface area (Å²) >= 11 is 0. The number of nitrogens with one attached hydrogen (secondary N) is 2. The van der Waals surface area contributed by atoms with Crippen molar-refractivity contribution in [3.8, 4) is 5.75 Å². The van der Waals surface area contributed by atoms with Crippen molar-refractivity contribution in [1.29, 1.82) is 0 Å². The average Bonchev–Trinajstić information content (AvgIpc) is 2.72. The summed E-state index contributed by atoms with van der Waals surface area (Å²) in [6.45, 7) is 5.30. The Kier molecular flexibility index (Phi) is 7.93. The molecule has 0 spiro atoms. The second-order valence-electron chi connectivity index (χ2n) is 5.72. The number of benzene rings is 2. The smallest absolute Gasteiger partial charge is 0.338 e. The van der Waals surface area contributed by atoms with E-state index in [2.05, 4.69) is 16.6 Å². The van der Waals surface area contributed by atoms with Crippen LogP contribution in [0.25, 0.3) is 0 Å². The normalized spacial score (nSPS) is 10.8. The zero-order valence-electron chi connectivity index (χ0n) is 15.9. The van der Waals surface area contributed by atoms with E-state index in [-0.39, 0.29) is 17.0 Å². The van der Waals surface area contributed by atoms with E-state index in [1.807, 2.05) is 6.92 Å². The van der Waals surface area contributed by atoms with Gasteiger partial charge in [-0.05, 0) is 43.3 Å². The molecule has 0 heterocycles. The van der Waals surface area contributed by atoms with E-state index < -0.39 is 28.5 Å². The van der Waals surface area contributed by atoms with Gasteiger partial charge >= 0.3 is 5.97 Å². The maximum absolute atomic E-state index is 12.1. The molecule has 9 heteroatoms. The number of carbonyl (C=O) groups is 2. The second-order valence-corrected chi connectivity index (χ2v) is 7.49. The van der Waals surface area contributed by atoms with Gasteiger partial charge in [0.25, 0.3) is 5.91 Å². The minimum Gasteiger partial charge on any atom is -0.492 e. The van der Waals surface area contributed by atoms with Crippen LogP contribution < -0.4 is 14.8 Å². The number of hydrogen-bond acceptors (Lipinski definition) is 6. The predicted octanol–water partition coefficient (Wildman–Crippen LogP) is 2.35. The number of amides is 1. The lowest BCUT2D eigenvalue weighted by Gasteiger charge is -2.11. The number of carbonyl (C=O) groups excluding carboxylic acids is 2. The topological polar surface area (TPSA) is 111 Å².